The van der Waals surface area contributed by atoms with Crippen LogP contribution in [0.15, 0.2) is 46.8 Å². The van der Waals surface area contributed by atoms with Crippen LogP contribution in [-0.4, -0.2) is 48.2 Å². The average molecular weight is 416 g/mol. The number of rotatable bonds is 5. The van der Waals surface area contributed by atoms with Gasteiger partial charge in [0.05, 0.1) is 24.7 Å². The maximum atomic E-state index is 13.6. The van der Waals surface area contributed by atoms with E-state index in [1.54, 1.807) is 17.0 Å². The molecule has 0 aromatic heterocycles. The summed E-state index contributed by atoms with van der Waals surface area (Å²) in [7, 11) is 0. The highest BCUT2D eigenvalue weighted by atomic mass is 19.1. The van der Waals surface area contributed by atoms with Crippen LogP contribution in [-0.2, 0) is 14.3 Å². The zero-order valence-corrected chi connectivity index (χ0v) is 17.9. The van der Waals surface area contributed by atoms with Gasteiger partial charge in [-0.05, 0) is 29.5 Å². The summed E-state index contributed by atoms with van der Waals surface area (Å²) < 4.78 is 19.0. The van der Waals surface area contributed by atoms with Crippen LogP contribution in [0.25, 0.3) is 0 Å². The maximum Gasteiger partial charge on any atom is 0.334 e. The molecule has 6 nitrogen and oxygen atoms in total. The summed E-state index contributed by atoms with van der Waals surface area (Å²) in [5.74, 6) is -2.60. The van der Waals surface area contributed by atoms with Gasteiger partial charge in [-0.15, -0.1) is 0 Å². The van der Waals surface area contributed by atoms with Crippen LogP contribution < -0.4 is 5.32 Å². The summed E-state index contributed by atoms with van der Waals surface area (Å²) in [6, 6.07) is 5.74. The zero-order chi connectivity index (χ0) is 22.0. The number of benzene rings is 1. The third kappa shape index (κ3) is 4.26. The Kier molecular flexibility index (Phi) is 6.61. The lowest BCUT2D eigenvalue weighted by Gasteiger charge is -2.37. The summed E-state index contributed by atoms with van der Waals surface area (Å²) in [6.07, 6.45) is 0. The van der Waals surface area contributed by atoms with Crippen molar-refractivity contribution in [2.75, 3.05) is 26.3 Å². The quantitative estimate of drug-likeness (QED) is 0.770. The number of dihydropyridines is 1. The number of nitrogens with zero attached hydrogens (tertiary/aromatic N) is 1. The molecule has 1 amide bonds. The fraction of sp³-hybridized carbons (Fsp3) is 0.478. The predicted octanol–water partition coefficient (Wildman–Crippen LogP) is 3.28. The highest BCUT2D eigenvalue weighted by Crippen LogP contribution is 2.42. The SMILES string of the molecule is CC(C)C1=C(C(=O)O)C(c2ccc(F)cc2)C(C(=O)N2CCOCC2)=C(C(C)C)N1. The number of hydrogen-bond donors (Lipinski definition) is 2. The van der Waals surface area contributed by atoms with Gasteiger partial charge >= 0.3 is 5.97 Å². The lowest BCUT2D eigenvalue weighted by atomic mass is 9.76. The van der Waals surface area contributed by atoms with E-state index in [9.17, 15) is 19.1 Å². The van der Waals surface area contributed by atoms with E-state index in [-0.39, 0.29) is 23.3 Å². The van der Waals surface area contributed by atoms with Gasteiger partial charge in [-0.2, -0.15) is 0 Å². The second-order valence-electron chi connectivity index (χ2n) is 8.28. The number of allylic oxidation sites excluding steroid dienone is 2. The van der Waals surface area contributed by atoms with Crippen molar-refractivity contribution in [2.45, 2.75) is 33.6 Å². The molecule has 0 spiro atoms. The van der Waals surface area contributed by atoms with Gasteiger partial charge < -0.3 is 20.1 Å². The van der Waals surface area contributed by atoms with Crippen molar-refractivity contribution in [3.05, 3.63) is 58.2 Å². The van der Waals surface area contributed by atoms with Gasteiger partial charge in [-0.1, -0.05) is 39.8 Å². The summed E-state index contributed by atoms with van der Waals surface area (Å²) >= 11 is 0. The second-order valence-corrected chi connectivity index (χ2v) is 8.28. The second kappa shape index (κ2) is 9.00. The number of carboxylic acids is 1. The number of carboxylic acid groups (broad SMARTS) is 1. The fourth-order valence-electron chi connectivity index (χ4n) is 4.05. The highest BCUT2D eigenvalue weighted by molar-refractivity contribution is 6.01. The number of ether oxygens (including phenoxy) is 1. The maximum absolute atomic E-state index is 13.6. The molecule has 0 bridgehead atoms. The number of nitrogens with one attached hydrogen (secondary N) is 1. The molecule has 1 unspecified atom stereocenters. The molecule has 162 valence electrons. The third-order valence-corrected chi connectivity index (χ3v) is 5.54. The molecular formula is C23H29FN2O4. The Morgan fingerprint density at radius 3 is 2.07 bits per heavy atom. The molecule has 2 N–H and O–H groups in total. The molecule has 1 aromatic carbocycles. The molecule has 1 atom stereocenters. The summed E-state index contributed by atoms with van der Waals surface area (Å²) in [4.78, 5) is 27.8. The molecule has 1 fully saturated rings. The van der Waals surface area contributed by atoms with E-state index in [1.165, 1.54) is 12.1 Å². The van der Waals surface area contributed by atoms with Crippen molar-refractivity contribution in [2.24, 2.45) is 11.8 Å². The summed E-state index contributed by atoms with van der Waals surface area (Å²) in [5, 5.41) is 13.4. The van der Waals surface area contributed by atoms with Crippen LogP contribution in [0.5, 0.6) is 0 Å². The molecule has 2 aliphatic heterocycles. The van der Waals surface area contributed by atoms with E-state index >= 15 is 0 Å². The van der Waals surface area contributed by atoms with E-state index in [0.29, 0.717) is 43.1 Å². The molecule has 7 heteroatoms. The first kappa shape index (κ1) is 22.0. The molecule has 1 aromatic rings. The van der Waals surface area contributed by atoms with E-state index in [4.69, 9.17) is 4.74 Å². The van der Waals surface area contributed by atoms with Crippen LogP contribution >= 0.6 is 0 Å². The number of amides is 1. The van der Waals surface area contributed by atoms with Crippen molar-refractivity contribution in [3.63, 3.8) is 0 Å². The molecule has 2 aliphatic rings. The van der Waals surface area contributed by atoms with Crippen LogP contribution in [0.3, 0.4) is 0 Å². The molecule has 2 heterocycles. The minimum Gasteiger partial charge on any atom is -0.478 e. The molecule has 3 rings (SSSR count). The molecule has 0 saturated carbocycles. The van der Waals surface area contributed by atoms with Crippen LogP contribution in [0.2, 0.25) is 0 Å². The van der Waals surface area contributed by atoms with Crippen LogP contribution in [0, 0.1) is 17.7 Å². The monoisotopic (exact) mass is 416 g/mol. The number of morpholine rings is 1. The topological polar surface area (TPSA) is 78.9 Å². The lowest BCUT2D eigenvalue weighted by Crippen LogP contribution is -2.45. The van der Waals surface area contributed by atoms with Crippen molar-refractivity contribution in [1.82, 2.24) is 10.2 Å². The fourth-order valence-corrected chi connectivity index (χ4v) is 4.05. The smallest absolute Gasteiger partial charge is 0.334 e. The van der Waals surface area contributed by atoms with Crippen molar-refractivity contribution in [1.29, 1.82) is 0 Å². The van der Waals surface area contributed by atoms with Gasteiger partial charge in [0.2, 0.25) is 0 Å². The van der Waals surface area contributed by atoms with Gasteiger partial charge in [0.1, 0.15) is 5.82 Å². The first-order valence-electron chi connectivity index (χ1n) is 10.3. The van der Waals surface area contributed by atoms with E-state index in [1.807, 2.05) is 27.7 Å². The van der Waals surface area contributed by atoms with Crippen molar-refractivity contribution in [3.8, 4) is 0 Å². The number of halogens is 1. The minimum atomic E-state index is -1.09. The Balaban J connectivity index is 2.24. The third-order valence-electron chi connectivity index (χ3n) is 5.54. The molecule has 0 radical (unpaired) electrons. The van der Waals surface area contributed by atoms with E-state index < -0.39 is 17.7 Å². The first-order valence-corrected chi connectivity index (χ1v) is 10.3. The number of carbonyl (C=O) groups excluding carboxylic acids is 1. The van der Waals surface area contributed by atoms with E-state index in [2.05, 4.69) is 5.32 Å². The summed E-state index contributed by atoms with van der Waals surface area (Å²) in [5.41, 5.74) is 2.44. The molecule has 1 saturated heterocycles. The van der Waals surface area contributed by atoms with Crippen LogP contribution in [0.1, 0.15) is 39.2 Å². The number of carbonyl (C=O) groups is 2. The Morgan fingerprint density at radius 1 is 1.03 bits per heavy atom. The predicted molar refractivity (Wildman–Crippen MR) is 111 cm³/mol. The standard InChI is InChI=1S/C23H29FN2O4/c1-13(2)20-18(22(27)26-9-11-30-12-10-26)17(15-5-7-16(24)8-6-15)19(23(28)29)21(25-20)14(3)4/h5-8,13-14,17,25H,9-12H2,1-4H3,(H,28,29). The van der Waals surface area contributed by atoms with Gasteiger partial charge in [0, 0.05) is 30.1 Å². The van der Waals surface area contributed by atoms with Crippen molar-refractivity contribution < 1.29 is 23.8 Å². The molecule has 30 heavy (non-hydrogen) atoms. The average Bonchev–Trinajstić information content (AvgIpc) is 2.72. The molecular weight excluding hydrogens is 387 g/mol. The van der Waals surface area contributed by atoms with Gasteiger partial charge in [0.25, 0.3) is 5.91 Å². The normalized spacial score (nSPS) is 20.1. The van der Waals surface area contributed by atoms with Gasteiger partial charge in [0.15, 0.2) is 0 Å². The zero-order valence-electron chi connectivity index (χ0n) is 17.9. The minimum absolute atomic E-state index is 0.0305. The Labute approximate surface area is 176 Å². The Hall–Kier alpha value is -2.67. The highest BCUT2D eigenvalue weighted by Gasteiger charge is 2.41. The van der Waals surface area contributed by atoms with Crippen LogP contribution in [0.4, 0.5) is 4.39 Å². The van der Waals surface area contributed by atoms with Crippen molar-refractivity contribution >= 4 is 11.9 Å². The Bertz CT molecular complexity index is 881. The largest absolute Gasteiger partial charge is 0.478 e. The summed E-state index contributed by atoms with van der Waals surface area (Å²) in [6.45, 7) is 9.58. The van der Waals surface area contributed by atoms with E-state index in [0.717, 1.165) is 5.70 Å². The lowest BCUT2D eigenvalue weighted by molar-refractivity contribution is -0.133. The number of hydrogen-bond acceptors (Lipinski definition) is 4. The Morgan fingerprint density at radius 2 is 1.57 bits per heavy atom. The van der Waals surface area contributed by atoms with Gasteiger partial charge in [-0.3, -0.25) is 4.79 Å². The first-order chi connectivity index (χ1) is 14.2. The van der Waals surface area contributed by atoms with Gasteiger partial charge in [-0.25, -0.2) is 9.18 Å². The molecule has 0 aliphatic carbocycles. The number of aliphatic carboxylic acids is 1.